The average Bonchev–Trinajstić information content (AvgIpc) is 3.34. The molecule has 0 amide bonds. The number of aliphatic hydroxyl groups excluding tert-OH is 2. The first-order chi connectivity index (χ1) is 30.9. The van der Waals surface area contributed by atoms with E-state index in [2.05, 4.69) is 111 Å². The van der Waals surface area contributed by atoms with Crippen molar-refractivity contribution in [1.29, 1.82) is 0 Å². The van der Waals surface area contributed by atoms with Gasteiger partial charge in [0.25, 0.3) is 0 Å². The number of rotatable bonds is 12. The molecular weight excluding hydrogens is 781 g/mol. The summed E-state index contributed by atoms with van der Waals surface area (Å²) in [5.41, 5.74) is 11.7. The lowest BCUT2D eigenvalue weighted by Crippen LogP contribution is -2.20. The van der Waals surface area contributed by atoms with E-state index in [1.165, 1.54) is 0 Å². The summed E-state index contributed by atoms with van der Waals surface area (Å²) >= 11 is 0. The standard InChI is InChI=1S/C55H44N4O4/c1-55(2,39-31-45(41-19-3-11-35-15-7-23-56-49(35)41)53(62-29-27-60)46(32-39)42-20-4-12-36-16-8-24-57-50(36)42)40-33-47(43-21-5-13-37-17-9-25-58-51(37)43)54(63-30-28-61)48(34-40)44-22-6-14-38-18-10-26-59-52(38)44/h3-26,31-34,60-61H,27-30H2,1-2H3. The van der Waals surface area contributed by atoms with E-state index in [1.807, 2.05) is 73.3 Å². The zero-order valence-electron chi connectivity index (χ0n) is 35.0. The predicted octanol–water partition coefficient (Wildman–Crippen LogP) is 11.6. The van der Waals surface area contributed by atoms with Crippen LogP contribution < -0.4 is 9.47 Å². The molecule has 0 aliphatic heterocycles. The molecule has 0 unspecified atom stereocenters. The van der Waals surface area contributed by atoms with Crippen LogP contribution in [0.5, 0.6) is 11.5 Å². The quantitative estimate of drug-likeness (QED) is 0.125. The van der Waals surface area contributed by atoms with E-state index < -0.39 is 5.41 Å². The van der Waals surface area contributed by atoms with Gasteiger partial charge in [-0.1, -0.05) is 111 Å². The highest BCUT2D eigenvalue weighted by molar-refractivity contribution is 6.03. The molecule has 4 aromatic heterocycles. The summed E-state index contributed by atoms with van der Waals surface area (Å²) in [6, 6.07) is 49.7. The maximum Gasteiger partial charge on any atom is 0.135 e. The minimum Gasteiger partial charge on any atom is -0.490 e. The maximum atomic E-state index is 10.2. The summed E-state index contributed by atoms with van der Waals surface area (Å²) in [5, 5.41) is 24.4. The molecule has 8 heteroatoms. The molecule has 0 fully saturated rings. The average molecular weight is 825 g/mol. The van der Waals surface area contributed by atoms with Gasteiger partial charge in [-0.2, -0.15) is 0 Å². The molecule has 6 aromatic carbocycles. The third-order valence-corrected chi connectivity index (χ3v) is 12.0. The summed E-state index contributed by atoms with van der Waals surface area (Å²) in [6.07, 6.45) is 7.27. The Labute approximate surface area is 365 Å². The molecular formula is C55H44N4O4. The van der Waals surface area contributed by atoms with Crippen LogP contribution in [-0.4, -0.2) is 56.6 Å². The van der Waals surface area contributed by atoms with Crippen LogP contribution in [0.2, 0.25) is 0 Å². The molecule has 4 heterocycles. The molecule has 2 N–H and O–H groups in total. The lowest BCUT2D eigenvalue weighted by atomic mass is 9.74. The van der Waals surface area contributed by atoms with Crippen LogP contribution in [-0.2, 0) is 5.41 Å². The van der Waals surface area contributed by atoms with Gasteiger partial charge in [0.1, 0.15) is 24.7 Å². The van der Waals surface area contributed by atoms with Crippen LogP contribution in [0.1, 0.15) is 25.0 Å². The van der Waals surface area contributed by atoms with Gasteiger partial charge in [0.2, 0.25) is 0 Å². The molecule has 63 heavy (non-hydrogen) atoms. The van der Waals surface area contributed by atoms with Gasteiger partial charge in [0.15, 0.2) is 0 Å². The Hall–Kier alpha value is -7.52. The van der Waals surface area contributed by atoms with E-state index in [9.17, 15) is 10.2 Å². The minimum atomic E-state index is -0.677. The van der Waals surface area contributed by atoms with Crippen LogP contribution in [0, 0.1) is 0 Å². The molecule has 0 bridgehead atoms. The van der Waals surface area contributed by atoms with Crippen molar-refractivity contribution in [3.8, 4) is 56.0 Å². The summed E-state index contributed by atoms with van der Waals surface area (Å²) in [7, 11) is 0. The van der Waals surface area contributed by atoms with Crippen molar-refractivity contribution in [2.45, 2.75) is 19.3 Å². The highest BCUT2D eigenvalue weighted by Gasteiger charge is 2.31. The topological polar surface area (TPSA) is 110 Å². The second-order valence-corrected chi connectivity index (χ2v) is 16.1. The van der Waals surface area contributed by atoms with Crippen LogP contribution in [0.3, 0.4) is 0 Å². The summed E-state index contributed by atoms with van der Waals surface area (Å²) in [6.45, 7) is 4.37. The fourth-order valence-corrected chi connectivity index (χ4v) is 8.84. The Bertz CT molecular complexity index is 2890. The number of nitrogens with zero attached hydrogens (tertiary/aromatic N) is 4. The Morgan fingerprint density at radius 2 is 0.651 bits per heavy atom. The fourth-order valence-electron chi connectivity index (χ4n) is 8.84. The van der Waals surface area contributed by atoms with E-state index in [1.54, 1.807) is 0 Å². The SMILES string of the molecule is CC(C)(c1cc(-c2cccc3cccnc23)c(OCCO)c(-c2cccc3cccnc23)c1)c1cc(-c2cccc3cccnc23)c(OCCO)c(-c2cccc3cccnc23)c1. The van der Waals surface area contributed by atoms with Gasteiger partial charge in [-0.15, -0.1) is 0 Å². The molecule has 8 nitrogen and oxygen atoms in total. The number of hydrogen-bond acceptors (Lipinski definition) is 8. The predicted molar refractivity (Wildman–Crippen MR) is 253 cm³/mol. The van der Waals surface area contributed by atoms with E-state index in [-0.39, 0.29) is 26.4 Å². The Kier molecular flexibility index (Phi) is 10.5. The van der Waals surface area contributed by atoms with Crippen molar-refractivity contribution in [1.82, 2.24) is 19.9 Å². The normalized spacial score (nSPS) is 11.7. The second-order valence-electron chi connectivity index (χ2n) is 16.1. The first-order valence-electron chi connectivity index (χ1n) is 21.2. The largest absolute Gasteiger partial charge is 0.490 e. The summed E-state index contributed by atoms with van der Waals surface area (Å²) in [4.78, 5) is 19.6. The van der Waals surface area contributed by atoms with Crippen molar-refractivity contribution >= 4 is 43.6 Å². The van der Waals surface area contributed by atoms with E-state index >= 15 is 0 Å². The monoisotopic (exact) mass is 824 g/mol. The molecule has 10 aromatic rings. The smallest absolute Gasteiger partial charge is 0.135 e. The summed E-state index contributed by atoms with van der Waals surface area (Å²) in [5.74, 6) is 1.27. The van der Waals surface area contributed by atoms with Crippen molar-refractivity contribution < 1.29 is 19.7 Å². The molecule has 0 saturated carbocycles. The van der Waals surface area contributed by atoms with Gasteiger partial charge in [-0.3, -0.25) is 19.9 Å². The van der Waals surface area contributed by atoms with Gasteiger partial charge in [0.05, 0.1) is 35.3 Å². The number of para-hydroxylation sites is 4. The third kappa shape index (κ3) is 7.19. The zero-order valence-corrected chi connectivity index (χ0v) is 35.0. The van der Waals surface area contributed by atoms with Crippen LogP contribution in [0.25, 0.3) is 88.1 Å². The number of aliphatic hydroxyl groups is 2. The highest BCUT2D eigenvalue weighted by Crippen LogP contribution is 2.50. The van der Waals surface area contributed by atoms with E-state index in [0.717, 1.165) is 99.2 Å². The van der Waals surface area contributed by atoms with Crippen LogP contribution in [0.4, 0.5) is 0 Å². The number of benzene rings is 6. The zero-order chi connectivity index (χ0) is 42.9. The second kappa shape index (κ2) is 16.7. The van der Waals surface area contributed by atoms with Gasteiger partial charge >= 0.3 is 0 Å². The van der Waals surface area contributed by atoms with Crippen molar-refractivity contribution in [3.05, 3.63) is 182 Å². The number of ether oxygens (including phenoxy) is 2. The van der Waals surface area contributed by atoms with Crippen molar-refractivity contribution in [2.24, 2.45) is 0 Å². The lowest BCUT2D eigenvalue weighted by molar-refractivity contribution is 0.202. The summed E-state index contributed by atoms with van der Waals surface area (Å²) < 4.78 is 13.3. The Morgan fingerprint density at radius 1 is 0.381 bits per heavy atom. The molecule has 0 aliphatic rings. The number of aromatic nitrogens is 4. The van der Waals surface area contributed by atoms with Crippen LogP contribution >= 0.6 is 0 Å². The molecule has 308 valence electrons. The highest BCUT2D eigenvalue weighted by atomic mass is 16.5. The van der Waals surface area contributed by atoms with Gasteiger partial charge < -0.3 is 19.7 Å². The van der Waals surface area contributed by atoms with Crippen molar-refractivity contribution in [3.63, 3.8) is 0 Å². The third-order valence-electron chi connectivity index (χ3n) is 12.0. The van der Waals surface area contributed by atoms with E-state index in [0.29, 0.717) is 11.5 Å². The first kappa shape index (κ1) is 39.6. The molecule has 0 saturated heterocycles. The minimum absolute atomic E-state index is 0.0965. The van der Waals surface area contributed by atoms with E-state index in [4.69, 9.17) is 29.4 Å². The first-order valence-corrected chi connectivity index (χ1v) is 21.2. The number of fused-ring (bicyclic) bond motifs is 4. The molecule has 0 atom stereocenters. The van der Waals surface area contributed by atoms with Gasteiger partial charge in [-0.05, 0) is 59.7 Å². The Morgan fingerprint density at radius 3 is 0.921 bits per heavy atom. The maximum absolute atomic E-state index is 10.2. The fraction of sp³-hybridized carbons (Fsp3) is 0.127. The number of hydrogen-bond donors (Lipinski definition) is 2. The van der Waals surface area contributed by atoms with Crippen molar-refractivity contribution in [2.75, 3.05) is 26.4 Å². The number of pyridine rings is 4. The lowest BCUT2D eigenvalue weighted by Gasteiger charge is -2.31. The van der Waals surface area contributed by atoms with Gasteiger partial charge in [-0.25, -0.2) is 0 Å². The van der Waals surface area contributed by atoms with Crippen LogP contribution in [0.15, 0.2) is 170 Å². The molecule has 0 spiro atoms. The molecule has 10 rings (SSSR count). The Balaban J connectivity index is 1.31. The van der Waals surface area contributed by atoms with Gasteiger partial charge in [0, 0.05) is 96.3 Å². The molecule has 0 radical (unpaired) electrons. The molecule has 0 aliphatic carbocycles.